The molecule has 0 aliphatic rings. The molecule has 2 N–H and O–H groups in total. The van der Waals surface area contributed by atoms with E-state index >= 15 is 0 Å². The molecule has 18 heavy (non-hydrogen) atoms. The van der Waals surface area contributed by atoms with Crippen LogP contribution in [0.1, 0.15) is 22.4 Å². The van der Waals surface area contributed by atoms with Crippen LogP contribution < -0.4 is 5.73 Å². The predicted molar refractivity (Wildman–Crippen MR) is 75.2 cm³/mol. The number of ether oxygens (including phenoxy) is 1. The molecule has 0 saturated heterocycles. The van der Waals surface area contributed by atoms with Crippen LogP contribution in [0.5, 0.6) is 0 Å². The lowest BCUT2D eigenvalue weighted by Crippen LogP contribution is -2.08. The molecule has 0 aromatic carbocycles. The highest BCUT2D eigenvalue weighted by Gasteiger charge is 2.16. The minimum absolute atomic E-state index is 0.194. The van der Waals surface area contributed by atoms with Crippen molar-refractivity contribution in [2.24, 2.45) is 5.73 Å². The summed E-state index contributed by atoms with van der Waals surface area (Å²) in [7, 11) is 1.65. The first kappa shape index (κ1) is 11.9. The van der Waals surface area contributed by atoms with Crippen LogP contribution in [0.3, 0.4) is 0 Å². The normalized spacial score (nSPS) is 13.2. The Kier molecular flexibility index (Phi) is 3.22. The molecule has 5 heteroatoms. The standard InChI is InChI=1S/C13H13NO2S2/c1-15-7-8-2-3-9(16-8)13(14)12-6-11-10(18-12)4-5-17-11/h2-6,13H,7,14H2,1H3. The summed E-state index contributed by atoms with van der Waals surface area (Å²) in [6.45, 7) is 0.478. The fourth-order valence-electron chi connectivity index (χ4n) is 1.86. The van der Waals surface area contributed by atoms with Gasteiger partial charge in [0, 0.05) is 21.4 Å². The summed E-state index contributed by atoms with van der Waals surface area (Å²) in [6, 6.07) is 7.91. The zero-order valence-corrected chi connectivity index (χ0v) is 11.5. The Balaban J connectivity index is 1.88. The molecule has 1 atom stereocenters. The third-order valence-corrected chi connectivity index (χ3v) is 4.92. The number of hydrogen-bond donors (Lipinski definition) is 1. The molecule has 3 aromatic rings. The van der Waals surface area contributed by atoms with E-state index in [2.05, 4.69) is 17.5 Å². The van der Waals surface area contributed by atoms with Gasteiger partial charge in [-0.05, 0) is 29.6 Å². The zero-order valence-electron chi connectivity index (χ0n) is 9.88. The molecule has 94 valence electrons. The number of hydrogen-bond acceptors (Lipinski definition) is 5. The number of fused-ring (bicyclic) bond motifs is 1. The highest BCUT2D eigenvalue weighted by atomic mass is 32.1. The summed E-state index contributed by atoms with van der Waals surface area (Å²) < 4.78 is 13.3. The second kappa shape index (κ2) is 4.85. The van der Waals surface area contributed by atoms with Gasteiger partial charge in [0.2, 0.25) is 0 Å². The Bertz CT molecular complexity index is 624. The number of thiophene rings is 2. The minimum Gasteiger partial charge on any atom is -0.462 e. The first-order valence-corrected chi connectivity index (χ1v) is 7.27. The average molecular weight is 279 g/mol. The predicted octanol–water partition coefficient (Wildman–Crippen LogP) is 3.75. The van der Waals surface area contributed by atoms with Gasteiger partial charge in [-0.3, -0.25) is 0 Å². The van der Waals surface area contributed by atoms with Crippen molar-refractivity contribution in [1.82, 2.24) is 0 Å². The van der Waals surface area contributed by atoms with Crippen LogP contribution >= 0.6 is 22.7 Å². The molecule has 0 saturated carbocycles. The van der Waals surface area contributed by atoms with Crippen LogP contribution in [0, 0.1) is 0 Å². The molecule has 3 nitrogen and oxygen atoms in total. The Morgan fingerprint density at radius 2 is 2.22 bits per heavy atom. The Hall–Kier alpha value is -1.14. The molecule has 0 amide bonds. The maximum absolute atomic E-state index is 6.23. The van der Waals surface area contributed by atoms with Crippen molar-refractivity contribution in [1.29, 1.82) is 0 Å². The van der Waals surface area contributed by atoms with Gasteiger partial charge in [0.05, 0.1) is 6.04 Å². The van der Waals surface area contributed by atoms with Crippen molar-refractivity contribution in [2.75, 3.05) is 7.11 Å². The lowest BCUT2D eigenvalue weighted by molar-refractivity contribution is 0.162. The van der Waals surface area contributed by atoms with E-state index in [4.69, 9.17) is 14.9 Å². The molecular formula is C13H13NO2S2. The fraction of sp³-hybridized carbons (Fsp3) is 0.231. The molecule has 0 radical (unpaired) electrons. The highest BCUT2D eigenvalue weighted by molar-refractivity contribution is 7.26. The van der Waals surface area contributed by atoms with Gasteiger partial charge in [0.1, 0.15) is 18.1 Å². The lowest BCUT2D eigenvalue weighted by atomic mass is 10.2. The van der Waals surface area contributed by atoms with Gasteiger partial charge in [0.15, 0.2) is 0 Å². The van der Waals surface area contributed by atoms with Gasteiger partial charge in [-0.25, -0.2) is 0 Å². The maximum atomic E-state index is 6.23. The lowest BCUT2D eigenvalue weighted by Gasteiger charge is -2.05. The second-order valence-electron chi connectivity index (χ2n) is 4.01. The summed E-state index contributed by atoms with van der Waals surface area (Å²) in [4.78, 5) is 1.13. The SMILES string of the molecule is COCc1ccc(C(N)c2cc3sccc3s2)o1. The van der Waals surface area contributed by atoms with E-state index in [1.165, 1.54) is 9.40 Å². The maximum Gasteiger partial charge on any atom is 0.129 e. The van der Waals surface area contributed by atoms with Gasteiger partial charge in [-0.15, -0.1) is 22.7 Å². The van der Waals surface area contributed by atoms with E-state index in [0.29, 0.717) is 6.61 Å². The minimum atomic E-state index is -0.194. The molecule has 0 fully saturated rings. The molecule has 0 aliphatic heterocycles. The largest absolute Gasteiger partial charge is 0.462 e. The number of rotatable bonds is 4. The second-order valence-corrected chi connectivity index (χ2v) is 6.08. The molecule has 0 bridgehead atoms. The molecule has 0 aliphatic carbocycles. The molecular weight excluding hydrogens is 266 g/mol. The highest BCUT2D eigenvalue weighted by Crippen LogP contribution is 2.35. The van der Waals surface area contributed by atoms with Crippen LogP contribution in [-0.4, -0.2) is 7.11 Å². The van der Waals surface area contributed by atoms with E-state index in [9.17, 15) is 0 Å². The summed E-state index contributed by atoms with van der Waals surface area (Å²) >= 11 is 3.46. The van der Waals surface area contributed by atoms with Crippen LogP contribution in [0.25, 0.3) is 9.40 Å². The van der Waals surface area contributed by atoms with Crippen molar-refractivity contribution in [3.8, 4) is 0 Å². The summed E-state index contributed by atoms with van der Waals surface area (Å²) in [5.41, 5.74) is 6.23. The first-order valence-electron chi connectivity index (χ1n) is 5.58. The third-order valence-electron chi connectivity index (χ3n) is 2.74. The van der Waals surface area contributed by atoms with Crippen molar-refractivity contribution in [2.45, 2.75) is 12.6 Å². The monoisotopic (exact) mass is 279 g/mol. The average Bonchev–Trinajstić information content (AvgIpc) is 3.02. The van der Waals surface area contributed by atoms with Gasteiger partial charge < -0.3 is 14.9 Å². The van der Waals surface area contributed by atoms with Crippen LogP contribution in [0.4, 0.5) is 0 Å². The van der Waals surface area contributed by atoms with Gasteiger partial charge >= 0.3 is 0 Å². The van der Waals surface area contributed by atoms with Crippen LogP contribution in [0.2, 0.25) is 0 Å². The smallest absolute Gasteiger partial charge is 0.129 e. The van der Waals surface area contributed by atoms with E-state index in [1.54, 1.807) is 29.8 Å². The first-order chi connectivity index (χ1) is 8.78. The van der Waals surface area contributed by atoms with Crippen molar-refractivity contribution < 1.29 is 9.15 Å². The summed E-state index contributed by atoms with van der Waals surface area (Å²) in [6.07, 6.45) is 0. The summed E-state index contributed by atoms with van der Waals surface area (Å²) in [5, 5.41) is 2.10. The zero-order chi connectivity index (χ0) is 12.5. The molecule has 3 rings (SSSR count). The quantitative estimate of drug-likeness (QED) is 0.791. The van der Waals surface area contributed by atoms with Crippen molar-refractivity contribution in [3.05, 3.63) is 46.0 Å². The van der Waals surface area contributed by atoms with E-state index in [1.807, 2.05) is 12.1 Å². The number of methoxy groups -OCH3 is 1. The third kappa shape index (κ3) is 2.10. The number of nitrogens with two attached hydrogens (primary N) is 1. The van der Waals surface area contributed by atoms with Gasteiger partial charge in [0.25, 0.3) is 0 Å². The molecule has 1 unspecified atom stereocenters. The molecule has 3 aromatic heterocycles. The Morgan fingerprint density at radius 3 is 3.00 bits per heavy atom. The Labute approximate surface area is 113 Å². The van der Waals surface area contributed by atoms with Gasteiger partial charge in [-0.1, -0.05) is 0 Å². The number of furan rings is 1. The van der Waals surface area contributed by atoms with Crippen LogP contribution in [0.15, 0.2) is 34.1 Å². The van der Waals surface area contributed by atoms with Crippen LogP contribution in [-0.2, 0) is 11.3 Å². The molecule has 0 spiro atoms. The topological polar surface area (TPSA) is 48.4 Å². The summed E-state index contributed by atoms with van der Waals surface area (Å²) in [5.74, 6) is 1.59. The van der Waals surface area contributed by atoms with E-state index in [-0.39, 0.29) is 6.04 Å². The fourth-order valence-corrected chi connectivity index (χ4v) is 3.99. The van der Waals surface area contributed by atoms with Crippen molar-refractivity contribution in [3.63, 3.8) is 0 Å². The van der Waals surface area contributed by atoms with Gasteiger partial charge in [-0.2, -0.15) is 0 Å². The molecule has 3 heterocycles. The Morgan fingerprint density at radius 1 is 1.33 bits per heavy atom. The van der Waals surface area contributed by atoms with E-state index in [0.717, 1.165) is 16.4 Å². The van der Waals surface area contributed by atoms with Crippen molar-refractivity contribution >= 4 is 32.1 Å². The van der Waals surface area contributed by atoms with E-state index < -0.39 is 0 Å².